The number of rotatable bonds is 0. The molecule has 6 heavy (non-hydrogen) atoms. The Morgan fingerprint density at radius 2 is 0.833 bits per heavy atom. The number of hydrogen-bond donors (Lipinski definition) is 0. The van der Waals surface area contributed by atoms with Crippen LogP contribution in [0.3, 0.4) is 0 Å². The molecule has 0 saturated carbocycles. The zero-order valence-corrected chi connectivity index (χ0v) is 6.80. The molecule has 0 aromatic rings. The van der Waals surface area contributed by atoms with E-state index in [0.29, 0.717) is 0 Å². The molecule has 0 unspecified atom stereocenters. The second-order valence-corrected chi connectivity index (χ2v) is 5.30. The first kappa shape index (κ1) is 26.4. The molecule has 0 bridgehead atoms. The van der Waals surface area contributed by atoms with Crippen LogP contribution in [-0.2, 0) is 11.1 Å². The monoisotopic (exact) mass is 271 g/mol. The van der Waals surface area contributed by atoms with Crippen molar-refractivity contribution in [3.8, 4) is 0 Å². The third-order valence-corrected chi connectivity index (χ3v) is 0. The Hall–Kier alpha value is 1.35. The van der Waals surface area contributed by atoms with E-state index < -0.39 is 0 Å². The molecule has 0 aliphatic rings. The maximum atomic E-state index is 3.03. The quantitative estimate of drug-likeness (QED) is 0.553. The Kier molecular flexibility index (Phi) is 145. The third kappa shape index (κ3) is 55.7. The van der Waals surface area contributed by atoms with Crippen LogP contribution < -0.4 is 0 Å². The Bertz CT molecular complexity index is 8.75. The average Bonchev–Trinajstić information content (AvgIpc) is 0.918. The van der Waals surface area contributed by atoms with Gasteiger partial charge in [0.25, 0.3) is 0 Å². The van der Waals surface area contributed by atoms with E-state index in [2.05, 4.69) is 28.3 Å². The van der Waals surface area contributed by atoms with E-state index in [1.807, 2.05) is 0 Å². The van der Waals surface area contributed by atoms with Gasteiger partial charge in [0, 0.05) is 0 Å². The fourth-order valence-corrected chi connectivity index (χ4v) is 0. The molecule has 0 heterocycles. The summed E-state index contributed by atoms with van der Waals surface area (Å²) >= 11 is 7.12. The van der Waals surface area contributed by atoms with Crippen molar-refractivity contribution in [3.63, 3.8) is 0 Å². The molecule has 0 amide bonds. The molecule has 0 fully saturated rings. The predicted molar refractivity (Wildman–Crippen MR) is 28.7 cm³/mol. The van der Waals surface area contributed by atoms with Crippen LogP contribution in [0.1, 0.15) is 0 Å². The van der Waals surface area contributed by atoms with Gasteiger partial charge in [-0.05, 0) is 0 Å². The molecule has 0 radical (unpaired) electrons. The number of halogens is 2. The second-order valence-electron chi connectivity index (χ2n) is 0.0476. The van der Waals surface area contributed by atoms with Crippen molar-refractivity contribution in [3.05, 3.63) is 0 Å². The number of hydrogen-bond acceptors (Lipinski definition) is 0. The zero-order valence-electron chi connectivity index (χ0n) is 2.59. The van der Waals surface area contributed by atoms with Crippen LogP contribution in [0.2, 0.25) is 0 Å². The minimum absolute atomic E-state index is 0. The van der Waals surface area contributed by atoms with Gasteiger partial charge in [-0.1, -0.05) is 0 Å². The van der Waals surface area contributed by atoms with Gasteiger partial charge in [0.2, 0.25) is 0 Å². The molecule has 6 N–H and O–H groups in total. The van der Waals surface area contributed by atoms with Gasteiger partial charge in [0.05, 0.1) is 0 Å². The summed E-state index contributed by atoms with van der Waals surface area (Å²) in [6.07, 6.45) is 0. The van der Waals surface area contributed by atoms with E-state index in [0.717, 1.165) is 11.1 Å². The minimum atomic E-state index is 0. The predicted octanol–water partition coefficient (Wildman–Crippen LogP) is -0.785. The van der Waals surface area contributed by atoms with Crippen LogP contribution in [0, 0.1) is 0 Å². The van der Waals surface area contributed by atoms with Crippen LogP contribution in [-0.4, -0.2) is 16.4 Å². The molecule has 0 atom stereocenters. The van der Waals surface area contributed by atoms with Crippen molar-refractivity contribution in [1.82, 2.24) is 0 Å². The van der Waals surface area contributed by atoms with E-state index in [1.165, 1.54) is 0 Å². The fourth-order valence-electron chi connectivity index (χ4n) is 0. The van der Waals surface area contributed by atoms with Gasteiger partial charge < -0.3 is 16.4 Å². The van der Waals surface area contributed by atoms with Crippen molar-refractivity contribution in [2.45, 2.75) is 0 Å². The molecular weight excluding hydrogens is 267 g/mol. The molecule has 0 aliphatic carbocycles. The van der Waals surface area contributed by atoms with Gasteiger partial charge in [0.1, 0.15) is 0 Å². The molecule has 0 rings (SSSR count). The van der Waals surface area contributed by atoms with Crippen LogP contribution in [0.25, 0.3) is 0 Å². The van der Waals surface area contributed by atoms with Crippen molar-refractivity contribution in [2.24, 2.45) is 0 Å². The molecule has 0 aromatic carbocycles. The maximum absolute atomic E-state index is 3.03. The van der Waals surface area contributed by atoms with E-state index in [-0.39, 0.29) is 16.4 Å². The fraction of sp³-hybridized carbons (Fsp3) is 0. The first-order valence-electron chi connectivity index (χ1n) is 0.252. The molecular formula is H6Br2CoO3. The molecule has 3 nitrogen and oxygen atoms in total. The Morgan fingerprint density at radius 1 is 0.833 bits per heavy atom. The van der Waals surface area contributed by atoms with Crippen molar-refractivity contribution >= 4 is 28.3 Å². The summed E-state index contributed by atoms with van der Waals surface area (Å²) in [7, 11) is 0. The normalized spacial score (nSPS) is 3.67. The summed E-state index contributed by atoms with van der Waals surface area (Å²) in [5, 5.41) is 0. The average molecular weight is 273 g/mol. The van der Waals surface area contributed by atoms with Crippen molar-refractivity contribution < 1.29 is 27.5 Å². The Balaban J connectivity index is -0.00000000667. The van der Waals surface area contributed by atoms with Gasteiger partial charge in [-0.25, -0.2) is 0 Å². The second kappa shape index (κ2) is 32.9. The first-order valence-corrected chi connectivity index (χ1v) is 5.40. The van der Waals surface area contributed by atoms with Crippen LogP contribution >= 0.6 is 28.3 Å². The van der Waals surface area contributed by atoms with Crippen LogP contribution in [0.5, 0.6) is 0 Å². The molecule has 0 aliphatic heterocycles. The van der Waals surface area contributed by atoms with Crippen LogP contribution in [0.15, 0.2) is 0 Å². The molecule has 6 heteroatoms. The summed E-state index contributed by atoms with van der Waals surface area (Å²) in [6, 6.07) is 0. The SMILES string of the molecule is O.O.O.[Br][Co][Br]. The molecule has 0 saturated heterocycles. The summed E-state index contributed by atoms with van der Waals surface area (Å²) in [5.74, 6) is 0. The molecule has 0 aromatic heterocycles. The van der Waals surface area contributed by atoms with Crippen LogP contribution in [0.4, 0.5) is 0 Å². The van der Waals surface area contributed by atoms with E-state index in [9.17, 15) is 0 Å². The Labute approximate surface area is 55.9 Å². The van der Waals surface area contributed by atoms with Crippen molar-refractivity contribution in [2.75, 3.05) is 0 Å². The van der Waals surface area contributed by atoms with Gasteiger partial charge >= 0.3 is 39.5 Å². The van der Waals surface area contributed by atoms with Gasteiger partial charge in [-0.2, -0.15) is 0 Å². The van der Waals surface area contributed by atoms with Gasteiger partial charge in [0.15, 0.2) is 0 Å². The molecule has 0 spiro atoms. The first-order chi connectivity index (χ1) is 1.41. The Morgan fingerprint density at radius 3 is 0.833 bits per heavy atom. The summed E-state index contributed by atoms with van der Waals surface area (Å²) in [5.41, 5.74) is 0. The van der Waals surface area contributed by atoms with Gasteiger partial charge in [-0.3, -0.25) is 0 Å². The van der Waals surface area contributed by atoms with E-state index in [4.69, 9.17) is 0 Å². The summed E-state index contributed by atoms with van der Waals surface area (Å²) in [6.45, 7) is 0. The standard InChI is InChI=1S/2BrH.Co.3H2O/h2*1H;;3*1H2/q;;+2;;;/p-2. The van der Waals surface area contributed by atoms with Crippen molar-refractivity contribution in [1.29, 1.82) is 0 Å². The van der Waals surface area contributed by atoms with Gasteiger partial charge in [-0.15, -0.1) is 0 Å². The molecule has 47 valence electrons. The zero-order chi connectivity index (χ0) is 2.71. The summed E-state index contributed by atoms with van der Waals surface area (Å²) in [4.78, 5) is 0. The topological polar surface area (TPSA) is 94.5 Å². The van der Waals surface area contributed by atoms with E-state index >= 15 is 0 Å². The third-order valence-electron chi connectivity index (χ3n) is 0. The van der Waals surface area contributed by atoms with E-state index in [1.54, 1.807) is 0 Å². The summed E-state index contributed by atoms with van der Waals surface area (Å²) < 4.78 is 0.